The van der Waals surface area contributed by atoms with Crippen LogP contribution >= 0.6 is 0 Å². The van der Waals surface area contributed by atoms with Crippen LogP contribution in [-0.4, -0.2) is 68.2 Å². The number of nitrogens with zero attached hydrogens (tertiary/aromatic N) is 2. The molecule has 2 saturated heterocycles. The van der Waals surface area contributed by atoms with E-state index in [0.717, 1.165) is 24.5 Å². The summed E-state index contributed by atoms with van der Waals surface area (Å²) in [6.45, 7) is 4.94. The fourth-order valence-corrected chi connectivity index (χ4v) is 5.52. The highest BCUT2D eigenvalue weighted by atomic mass is 19.4. The molecule has 3 N–H and O–H groups in total. The minimum Gasteiger partial charge on any atom is -0.367 e. The number of hydrogen-bond acceptors (Lipinski definition) is 5. The number of carbonyl (C=O) groups excluding carboxylic acids is 2. The molecule has 7 nitrogen and oxygen atoms in total. The molecule has 218 valence electrons. The van der Waals surface area contributed by atoms with Crippen LogP contribution < -0.4 is 20.9 Å². The summed E-state index contributed by atoms with van der Waals surface area (Å²) >= 11 is 0. The van der Waals surface area contributed by atoms with Crippen LogP contribution in [0.25, 0.3) is 0 Å². The van der Waals surface area contributed by atoms with Gasteiger partial charge in [-0.2, -0.15) is 13.2 Å². The molecule has 2 aromatic rings. The van der Waals surface area contributed by atoms with Gasteiger partial charge in [0, 0.05) is 44.5 Å². The predicted octanol–water partition coefficient (Wildman–Crippen LogP) is 4.47. The average Bonchev–Trinajstić information content (AvgIpc) is 2.93. The smallest absolute Gasteiger partial charge is 0.367 e. The van der Waals surface area contributed by atoms with Gasteiger partial charge < -0.3 is 20.9 Å². The molecular formula is C29H37F4N5O2. The van der Waals surface area contributed by atoms with Crippen LogP contribution in [0.15, 0.2) is 48.5 Å². The zero-order valence-corrected chi connectivity index (χ0v) is 22.6. The van der Waals surface area contributed by atoms with E-state index in [4.69, 9.17) is 0 Å². The Hall–Kier alpha value is -3.18. The van der Waals surface area contributed by atoms with Gasteiger partial charge in [0.15, 0.2) is 0 Å². The number of alkyl halides is 3. The number of rotatable bonds is 9. The van der Waals surface area contributed by atoms with Crippen LogP contribution in [0.1, 0.15) is 44.2 Å². The maximum absolute atomic E-state index is 15.1. The van der Waals surface area contributed by atoms with Crippen molar-refractivity contribution in [2.75, 3.05) is 49.5 Å². The monoisotopic (exact) mass is 563 g/mol. The highest BCUT2D eigenvalue weighted by Gasteiger charge is 2.46. The number of piperazine rings is 1. The minimum absolute atomic E-state index is 0.0175. The fourth-order valence-electron chi connectivity index (χ4n) is 5.52. The van der Waals surface area contributed by atoms with Gasteiger partial charge in [0.05, 0.1) is 5.69 Å². The van der Waals surface area contributed by atoms with Gasteiger partial charge in [-0.15, -0.1) is 0 Å². The lowest BCUT2D eigenvalue weighted by molar-refractivity contribution is -0.182. The number of piperidine rings is 1. The average molecular weight is 564 g/mol. The van der Waals surface area contributed by atoms with Gasteiger partial charge in [-0.25, -0.2) is 4.39 Å². The van der Waals surface area contributed by atoms with Crippen LogP contribution in [0.5, 0.6) is 0 Å². The molecule has 0 bridgehead atoms. The number of likely N-dealkylation sites (N-methyl/N-ethyl adjacent to an activating group) is 1. The second-order valence-electron chi connectivity index (χ2n) is 10.4. The molecule has 0 aliphatic carbocycles. The van der Waals surface area contributed by atoms with Crippen LogP contribution in [-0.2, 0) is 9.59 Å². The fraction of sp³-hybridized carbons (Fsp3) is 0.517. The zero-order chi connectivity index (χ0) is 28.7. The number of amides is 2. The lowest BCUT2D eigenvalue weighted by Crippen LogP contribution is -2.51. The van der Waals surface area contributed by atoms with Crippen molar-refractivity contribution in [1.29, 1.82) is 0 Å². The van der Waals surface area contributed by atoms with Gasteiger partial charge in [-0.1, -0.05) is 36.8 Å². The summed E-state index contributed by atoms with van der Waals surface area (Å²) in [7, 11) is 0. The number of nitrogens with one attached hydrogen (secondary N) is 3. The van der Waals surface area contributed by atoms with E-state index < -0.39 is 29.9 Å². The molecule has 2 aliphatic heterocycles. The third-order valence-corrected chi connectivity index (χ3v) is 7.59. The van der Waals surface area contributed by atoms with Crippen molar-refractivity contribution in [3.63, 3.8) is 0 Å². The van der Waals surface area contributed by atoms with Gasteiger partial charge in [0.2, 0.25) is 11.8 Å². The van der Waals surface area contributed by atoms with Crippen molar-refractivity contribution in [3.05, 3.63) is 59.9 Å². The number of benzene rings is 2. The van der Waals surface area contributed by atoms with E-state index in [0.29, 0.717) is 51.4 Å². The summed E-state index contributed by atoms with van der Waals surface area (Å²) in [6, 6.07) is 12.6. The Morgan fingerprint density at radius 2 is 1.75 bits per heavy atom. The molecule has 4 rings (SSSR count). The Morgan fingerprint density at radius 3 is 2.35 bits per heavy atom. The van der Waals surface area contributed by atoms with Gasteiger partial charge in [0.25, 0.3) is 0 Å². The summed E-state index contributed by atoms with van der Waals surface area (Å²) < 4.78 is 56.3. The number of anilines is 2. The van der Waals surface area contributed by atoms with E-state index in [9.17, 15) is 22.8 Å². The van der Waals surface area contributed by atoms with Crippen molar-refractivity contribution in [1.82, 2.24) is 15.5 Å². The topological polar surface area (TPSA) is 76.7 Å². The molecule has 3 atom stereocenters. The normalized spacial score (nSPS) is 20.0. The summed E-state index contributed by atoms with van der Waals surface area (Å²) in [5.74, 6) is -4.09. The van der Waals surface area contributed by atoms with E-state index in [1.165, 1.54) is 12.1 Å². The lowest BCUT2D eigenvalue weighted by atomic mass is 9.92. The molecule has 40 heavy (non-hydrogen) atoms. The van der Waals surface area contributed by atoms with Gasteiger partial charge in [0.1, 0.15) is 17.8 Å². The molecule has 0 radical (unpaired) electrons. The summed E-state index contributed by atoms with van der Waals surface area (Å²) in [6.07, 6.45) is -2.73. The van der Waals surface area contributed by atoms with E-state index in [2.05, 4.69) is 20.9 Å². The van der Waals surface area contributed by atoms with Crippen LogP contribution in [0.2, 0.25) is 0 Å². The Morgan fingerprint density at radius 1 is 1.02 bits per heavy atom. The second-order valence-corrected chi connectivity index (χ2v) is 10.4. The molecule has 2 amide bonds. The van der Waals surface area contributed by atoms with E-state index in [1.54, 1.807) is 0 Å². The Kier molecular flexibility index (Phi) is 10.0. The van der Waals surface area contributed by atoms with Crippen molar-refractivity contribution in [2.45, 2.75) is 50.9 Å². The Balaban J connectivity index is 1.39. The van der Waals surface area contributed by atoms with Crippen molar-refractivity contribution in [2.24, 2.45) is 5.92 Å². The van der Waals surface area contributed by atoms with Crippen LogP contribution in [0.4, 0.5) is 28.9 Å². The quantitative estimate of drug-likeness (QED) is 0.393. The van der Waals surface area contributed by atoms with E-state index in [1.807, 2.05) is 42.2 Å². The number of hydrogen-bond donors (Lipinski definition) is 3. The first kappa shape index (κ1) is 29.8. The van der Waals surface area contributed by atoms with Crippen molar-refractivity contribution >= 4 is 23.2 Å². The molecule has 0 spiro atoms. The summed E-state index contributed by atoms with van der Waals surface area (Å²) in [5, 5.41) is 8.22. The Labute approximate surface area is 232 Å². The number of carbonyl (C=O) groups is 2. The molecule has 2 fully saturated rings. The lowest BCUT2D eigenvalue weighted by Gasteiger charge is -2.39. The van der Waals surface area contributed by atoms with Crippen molar-refractivity contribution in [3.8, 4) is 0 Å². The highest BCUT2D eigenvalue weighted by Crippen LogP contribution is 2.33. The van der Waals surface area contributed by atoms with E-state index >= 15 is 4.39 Å². The first-order valence-electron chi connectivity index (χ1n) is 13.9. The molecule has 0 saturated carbocycles. The third-order valence-electron chi connectivity index (χ3n) is 7.59. The van der Waals surface area contributed by atoms with Crippen molar-refractivity contribution < 1.29 is 27.2 Å². The zero-order valence-electron chi connectivity index (χ0n) is 22.6. The highest BCUT2D eigenvalue weighted by molar-refractivity contribution is 5.93. The summed E-state index contributed by atoms with van der Waals surface area (Å²) in [5.41, 5.74) is 1.16. The molecule has 2 heterocycles. The first-order chi connectivity index (χ1) is 19.2. The standard InChI is InChI=1S/C29H37F4N5O2/c1-2-34-28(40)26(20-8-4-3-5-9-20)38-16-14-37(15-17-38)25-12-11-22(19-24(25)30)36-27(39)23(29(31,32)33)18-21-10-6-7-13-35-21/h3-5,8-9,11-12,19,21,23,26,35H,2,6-7,10,13-18H2,1H3,(H,34,40)(H,36,39). The molecular weight excluding hydrogens is 526 g/mol. The second kappa shape index (κ2) is 13.5. The number of halogens is 4. The third kappa shape index (κ3) is 7.51. The van der Waals surface area contributed by atoms with Crippen LogP contribution in [0.3, 0.4) is 0 Å². The summed E-state index contributed by atoms with van der Waals surface area (Å²) in [4.78, 5) is 29.4. The predicted molar refractivity (Wildman–Crippen MR) is 146 cm³/mol. The maximum Gasteiger partial charge on any atom is 0.400 e. The molecule has 2 aliphatic rings. The molecule has 11 heteroatoms. The van der Waals surface area contributed by atoms with Crippen LogP contribution in [0, 0.1) is 11.7 Å². The SMILES string of the molecule is CCNC(=O)C(c1ccccc1)N1CCN(c2ccc(NC(=O)C(CC3CCCCN3)C(F)(F)F)cc2F)CC1. The van der Waals surface area contributed by atoms with Gasteiger partial charge >= 0.3 is 6.18 Å². The van der Waals surface area contributed by atoms with Gasteiger partial charge in [-0.3, -0.25) is 14.5 Å². The first-order valence-corrected chi connectivity index (χ1v) is 13.9. The Bertz CT molecular complexity index is 1130. The molecule has 2 aromatic carbocycles. The largest absolute Gasteiger partial charge is 0.400 e. The minimum atomic E-state index is -4.70. The van der Waals surface area contributed by atoms with E-state index in [-0.39, 0.29) is 24.1 Å². The molecule has 0 aromatic heterocycles. The maximum atomic E-state index is 15.1. The van der Waals surface area contributed by atoms with Gasteiger partial charge in [-0.05, 0) is 56.5 Å². The molecule has 3 unspecified atom stereocenters.